The van der Waals surface area contributed by atoms with E-state index in [2.05, 4.69) is 38.2 Å². The Morgan fingerprint density at radius 2 is 2.12 bits per heavy atom. The first-order valence-electron chi connectivity index (χ1n) is 10.6. The molecule has 6 rings (SSSR count). The lowest BCUT2D eigenvalue weighted by Crippen LogP contribution is -2.17. The van der Waals surface area contributed by atoms with E-state index in [0.29, 0.717) is 17.0 Å². The molecular formula is C23H20FN7S. The molecule has 4 aromatic heterocycles. The third-order valence-electron chi connectivity index (χ3n) is 6.70. The predicted molar refractivity (Wildman–Crippen MR) is 118 cm³/mol. The number of rotatable bonds is 5. The van der Waals surface area contributed by atoms with Crippen LogP contribution in [0.1, 0.15) is 11.3 Å². The van der Waals surface area contributed by atoms with Crippen molar-refractivity contribution < 1.29 is 4.39 Å². The van der Waals surface area contributed by atoms with E-state index in [1.807, 2.05) is 18.5 Å². The van der Waals surface area contributed by atoms with Gasteiger partial charge in [0.05, 0.1) is 23.5 Å². The molecule has 0 amide bonds. The second kappa shape index (κ2) is 7.43. The lowest BCUT2D eigenvalue weighted by atomic mass is 10.1. The summed E-state index contributed by atoms with van der Waals surface area (Å²) in [6.07, 6.45) is 6.88. The Kier molecular flexibility index (Phi) is 4.52. The molecule has 1 unspecified atom stereocenters. The molecule has 2 aliphatic rings. The monoisotopic (exact) mass is 445 g/mol. The zero-order chi connectivity index (χ0) is 21.8. The number of pyridine rings is 2. The number of fused-ring (bicyclic) bond motifs is 2. The van der Waals surface area contributed by atoms with Crippen molar-refractivity contribution in [1.82, 2.24) is 29.7 Å². The highest BCUT2D eigenvalue weighted by molar-refractivity contribution is 7.99. The molecule has 2 fully saturated rings. The Balaban J connectivity index is 1.40. The first kappa shape index (κ1) is 19.5. The fourth-order valence-corrected chi connectivity index (χ4v) is 5.85. The number of hydrogen-bond acceptors (Lipinski definition) is 6. The number of nitriles is 1. The van der Waals surface area contributed by atoms with Gasteiger partial charge in [-0.05, 0) is 56.0 Å². The largest absolute Gasteiger partial charge is 0.316 e. The normalized spacial score (nSPS) is 21.6. The number of aromatic nitrogens is 5. The minimum atomic E-state index is -0.396. The van der Waals surface area contributed by atoms with E-state index in [1.165, 1.54) is 24.0 Å². The summed E-state index contributed by atoms with van der Waals surface area (Å²) in [5, 5.41) is 22.3. The topological polar surface area (TPSA) is 83.8 Å². The van der Waals surface area contributed by atoms with Gasteiger partial charge in [0.1, 0.15) is 11.1 Å². The molecule has 0 aromatic carbocycles. The standard InChI is InChI=1S/C23H20FN7S/c1-13-16(10-29-30(13)12-19-17-8-26-9-18(17)19)14-5-21(32-23-20(24)3-2-4-27-23)22-15(6-25)7-28-31(22)11-14/h2-5,7,10-11,17-19,26H,8-9,12H2,1H3/t17-,18+,19?. The molecule has 1 aliphatic heterocycles. The highest BCUT2D eigenvalue weighted by Crippen LogP contribution is 2.49. The third kappa shape index (κ3) is 3.10. The molecule has 3 atom stereocenters. The van der Waals surface area contributed by atoms with Crippen molar-refractivity contribution in [1.29, 1.82) is 5.26 Å². The minimum Gasteiger partial charge on any atom is -0.316 e. The minimum absolute atomic E-state index is 0.262. The van der Waals surface area contributed by atoms with Crippen LogP contribution in [0.2, 0.25) is 0 Å². The summed E-state index contributed by atoms with van der Waals surface area (Å²) in [5.74, 6) is 1.87. The van der Waals surface area contributed by atoms with Gasteiger partial charge in [-0.25, -0.2) is 13.9 Å². The number of halogens is 1. The van der Waals surface area contributed by atoms with Crippen LogP contribution in [0.4, 0.5) is 4.39 Å². The van der Waals surface area contributed by atoms with Crippen molar-refractivity contribution in [3.63, 3.8) is 0 Å². The summed E-state index contributed by atoms with van der Waals surface area (Å²) >= 11 is 1.20. The van der Waals surface area contributed by atoms with Crippen molar-refractivity contribution in [2.75, 3.05) is 13.1 Å². The molecule has 0 spiro atoms. The van der Waals surface area contributed by atoms with E-state index in [4.69, 9.17) is 0 Å². The van der Waals surface area contributed by atoms with E-state index >= 15 is 0 Å². The molecule has 5 heterocycles. The molecule has 7 nitrogen and oxygen atoms in total. The first-order valence-corrected chi connectivity index (χ1v) is 11.4. The zero-order valence-corrected chi connectivity index (χ0v) is 18.2. The SMILES string of the molecule is Cc1c(-c2cc(Sc3ncccc3F)c3c(C#N)cnn3c2)cnn1CC1[C@H]2CNC[C@@H]12. The Hall–Kier alpha value is -3.22. The molecule has 0 radical (unpaired) electrons. The molecule has 9 heteroatoms. The van der Waals surface area contributed by atoms with Crippen LogP contribution in [0.25, 0.3) is 16.6 Å². The Labute approximate surface area is 188 Å². The van der Waals surface area contributed by atoms with Crippen LogP contribution in [-0.4, -0.2) is 37.5 Å². The number of piperidine rings is 1. The van der Waals surface area contributed by atoms with Crippen LogP contribution in [0.15, 0.2) is 52.9 Å². The van der Waals surface area contributed by atoms with Gasteiger partial charge in [0.25, 0.3) is 0 Å². The lowest BCUT2D eigenvalue weighted by Gasteiger charge is -2.10. The average molecular weight is 446 g/mol. The Morgan fingerprint density at radius 3 is 2.91 bits per heavy atom. The van der Waals surface area contributed by atoms with Gasteiger partial charge >= 0.3 is 0 Å². The van der Waals surface area contributed by atoms with Gasteiger partial charge in [0.2, 0.25) is 0 Å². The number of nitrogens with one attached hydrogen (secondary N) is 1. The molecule has 1 N–H and O–H groups in total. The Bertz CT molecular complexity index is 1380. The van der Waals surface area contributed by atoms with Gasteiger partial charge < -0.3 is 5.32 Å². The summed E-state index contributed by atoms with van der Waals surface area (Å²) < 4.78 is 18.1. The number of nitrogens with zero attached hydrogens (tertiary/aromatic N) is 6. The van der Waals surface area contributed by atoms with Crippen molar-refractivity contribution in [2.24, 2.45) is 17.8 Å². The maximum absolute atomic E-state index is 14.3. The molecule has 32 heavy (non-hydrogen) atoms. The van der Waals surface area contributed by atoms with Crippen molar-refractivity contribution >= 4 is 17.3 Å². The highest BCUT2D eigenvalue weighted by atomic mass is 32.2. The van der Waals surface area contributed by atoms with E-state index in [9.17, 15) is 9.65 Å². The van der Waals surface area contributed by atoms with E-state index in [-0.39, 0.29) is 5.03 Å². The maximum Gasteiger partial charge on any atom is 0.155 e. The van der Waals surface area contributed by atoms with Crippen LogP contribution in [0, 0.1) is 41.8 Å². The molecule has 1 saturated carbocycles. The van der Waals surface area contributed by atoms with Gasteiger partial charge in [0.15, 0.2) is 5.82 Å². The van der Waals surface area contributed by atoms with Gasteiger partial charge in [0, 0.05) is 40.7 Å². The fraction of sp³-hybridized carbons (Fsp3) is 0.304. The number of hydrogen-bond donors (Lipinski definition) is 1. The van der Waals surface area contributed by atoms with Crippen molar-refractivity contribution in [3.05, 3.63) is 60.1 Å². The summed E-state index contributed by atoms with van der Waals surface area (Å²) in [5.41, 5.74) is 4.11. The second-order valence-electron chi connectivity index (χ2n) is 8.42. The fourth-order valence-electron chi connectivity index (χ4n) is 4.87. The van der Waals surface area contributed by atoms with Crippen molar-refractivity contribution in [2.45, 2.75) is 23.4 Å². The second-order valence-corrected chi connectivity index (χ2v) is 9.45. The highest BCUT2D eigenvalue weighted by Gasteiger charge is 2.52. The average Bonchev–Trinajstić information content (AvgIpc) is 3.22. The lowest BCUT2D eigenvalue weighted by molar-refractivity contribution is 0.477. The van der Waals surface area contributed by atoms with E-state index in [0.717, 1.165) is 53.2 Å². The summed E-state index contributed by atoms with van der Waals surface area (Å²) in [6, 6.07) is 7.10. The quantitative estimate of drug-likeness (QED) is 0.506. The summed E-state index contributed by atoms with van der Waals surface area (Å²) in [7, 11) is 0. The molecular weight excluding hydrogens is 425 g/mol. The van der Waals surface area contributed by atoms with Gasteiger partial charge in [-0.1, -0.05) is 11.8 Å². The van der Waals surface area contributed by atoms with Gasteiger partial charge in [-0.3, -0.25) is 4.68 Å². The van der Waals surface area contributed by atoms with Crippen LogP contribution >= 0.6 is 11.8 Å². The Morgan fingerprint density at radius 1 is 1.28 bits per heavy atom. The van der Waals surface area contributed by atoms with Crippen LogP contribution < -0.4 is 5.32 Å². The van der Waals surface area contributed by atoms with Gasteiger partial charge in [-0.2, -0.15) is 15.5 Å². The maximum atomic E-state index is 14.3. The first-order chi connectivity index (χ1) is 15.6. The molecule has 4 aromatic rings. The van der Waals surface area contributed by atoms with Crippen LogP contribution in [-0.2, 0) is 6.54 Å². The van der Waals surface area contributed by atoms with Crippen LogP contribution in [0.3, 0.4) is 0 Å². The van der Waals surface area contributed by atoms with E-state index in [1.54, 1.807) is 16.8 Å². The molecule has 0 bridgehead atoms. The molecule has 1 saturated heterocycles. The van der Waals surface area contributed by atoms with Crippen LogP contribution in [0.5, 0.6) is 0 Å². The van der Waals surface area contributed by atoms with Crippen molar-refractivity contribution in [3.8, 4) is 17.2 Å². The van der Waals surface area contributed by atoms with Gasteiger partial charge in [-0.15, -0.1) is 0 Å². The summed E-state index contributed by atoms with van der Waals surface area (Å²) in [6.45, 7) is 5.25. The third-order valence-corrected chi connectivity index (χ3v) is 7.72. The van der Waals surface area contributed by atoms with E-state index < -0.39 is 5.82 Å². The smallest absolute Gasteiger partial charge is 0.155 e. The molecule has 1 aliphatic carbocycles. The molecule has 160 valence electrons. The predicted octanol–water partition coefficient (Wildman–Crippen LogP) is 3.53. The zero-order valence-electron chi connectivity index (χ0n) is 17.4. The summed E-state index contributed by atoms with van der Waals surface area (Å²) in [4.78, 5) is 4.89.